The number of nitrogens with one attached hydrogen (secondary N) is 2. The number of hydrogen-bond donors (Lipinski definition) is 2. The Labute approximate surface area is 195 Å². The Bertz CT molecular complexity index is 895. The van der Waals surface area contributed by atoms with Crippen LogP contribution in [0, 0.1) is 6.92 Å². The molecule has 0 radical (unpaired) electrons. The summed E-state index contributed by atoms with van der Waals surface area (Å²) in [6, 6.07) is 18.0. The lowest BCUT2D eigenvalue weighted by atomic mass is 10.1. The van der Waals surface area contributed by atoms with Gasteiger partial charge in [-0.2, -0.15) is 0 Å². The normalized spacial score (nSPS) is 10.9. The van der Waals surface area contributed by atoms with E-state index < -0.39 is 0 Å². The summed E-state index contributed by atoms with van der Waals surface area (Å²) in [6.07, 6.45) is 3.36. The zero-order valence-electron chi connectivity index (χ0n) is 17.4. The lowest BCUT2D eigenvalue weighted by molar-refractivity contribution is 0.311. The van der Waals surface area contributed by atoms with Crippen LogP contribution in [-0.4, -0.2) is 37.7 Å². The van der Waals surface area contributed by atoms with E-state index in [0.717, 1.165) is 48.9 Å². The Morgan fingerprint density at radius 3 is 2.50 bits per heavy atom. The van der Waals surface area contributed by atoms with Crippen molar-refractivity contribution in [3.8, 4) is 17.2 Å². The molecule has 0 unspecified atom stereocenters. The summed E-state index contributed by atoms with van der Waals surface area (Å²) in [6.45, 7) is 4.23. The molecule has 0 aliphatic rings. The third kappa shape index (κ3) is 7.70. The number of benzene rings is 2. The maximum atomic E-state index is 5.69. The molecule has 0 fully saturated rings. The first-order valence-corrected chi connectivity index (χ1v) is 9.88. The van der Waals surface area contributed by atoms with E-state index in [0.29, 0.717) is 12.5 Å². The molecule has 0 aliphatic carbocycles. The highest BCUT2D eigenvalue weighted by atomic mass is 127. The van der Waals surface area contributed by atoms with Crippen LogP contribution in [0.15, 0.2) is 70.3 Å². The molecule has 7 heteroatoms. The zero-order valence-corrected chi connectivity index (χ0v) is 19.8. The van der Waals surface area contributed by atoms with Crippen LogP contribution >= 0.6 is 24.0 Å². The van der Waals surface area contributed by atoms with E-state index in [2.05, 4.69) is 39.7 Å². The van der Waals surface area contributed by atoms with E-state index >= 15 is 0 Å². The van der Waals surface area contributed by atoms with Crippen molar-refractivity contribution in [2.75, 3.05) is 26.7 Å². The SMILES string of the molecule is CN=C(NCCCOc1ccccc1)NCCc1coc(-c2ccc(C)cc2)n1.I. The monoisotopic (exact) mass is 520 g/mol. The van der Waals surface area contributed by atoms with Gasteiger partial charge >= 0.3 is 0 Å². The smallest absolute Gasteiger partial charge is 0.226 e. The Hall–Kier alpha value is -2.55. The van der Waals surface area contributed by atoms with E-state index in [1.165, 1.54) is 5.56 Å². The molecule has 3 rings (SSSR count). The van der Waals surface area contributed by atoms with Crippen molar-refractivity contribution in [2.24, 2.45) is 4.99 Å². The van der Waals surface area contributed by atoms with Crippen LogP contribution < -0.4 is 15.4 Å². The van der Waals surface area contributed by atoms with Gasteiger partial charge in [0.1, 0.15) is 12.0 Å². The van der Waals surface area contributed by atoms with Gasteiger partial charge in [-0.1, -0.05) is 35.9 Å². The van der Waals surface area contributed by atoms with Gasteiger partial charge in [-0.3, -0.25) is 4.99 Å². The summed E-state index contributed by atoms with van der Waals surface area (Å²) in [5.41, 5.74) is 3.13. The minimum atomic E-state index is 0. The Kier molecular flexibility index (Phi) is 10.2. The molecule has 0 aliphatic heterocycles. The minimum Gasteiger partial charge on any atom is -0.494 e. The third-order valence-electron chi connectivity index (χ3n) is 4.37. The van der Waals surface area contributed by atoms with Crippen molar-refractivity contribution in [1.29, 1.82) is 0 Å². The third-order valence-corrected chi connectivity index (χ3v) is 4.37. The van der Waals surface area contributed by atoms with E-state index in [1.54, 1.807) is 13.3 Å². The van der Waals surface area contributed by atoms with Crippen molar-refractivity contribution in [2.45, 2.75) is 19.8 Å². The fraction of sp³-hybridized carbons (Fsp3) is 0.304. The molecular weight excluding hydrogens is 491 g/mol. The van der Waals surface area contributed by atoms with Gasteiger partial charge in [-0.05, 0) is 37.6 Å². The maximum Gasteiger partial charge on any atom is 0.226 e. The largest absolute Gasteiger partial charge is 0.494 e. The van der Waals surface area contributed by atoms with Gasteiger partial charge in [-0.25, -0.2) is 4.98 Å². The van der Waals surface area contributed by atoms with Gasteiger partial charge in [0.05, 0.1) is 12.3 Å². The molecule has 0 spiro atoms. The molecule has 6 nitrogen and oxygen atoms in total. The van der Waals surface area contributed by atoms with Gasteiger partial charge in [-0.15, -0.1) is 24.0 Å². The second kappa shape index (κ2) is 12.9. The van der Waals surface area contributed by atoms with Crippen molar-refractivity contribution in [1.82, 2.24) is 15.6 Å². The predicted molar refractivity (Wildman–Crippen MR) is 132 cm³/mol. The number of para-hydroxylation sites is 1. The summed E-state index contributed by atoms with van der Waals surface area (Å²) >= 11 is 0. The number of ether oxygens (including phenoxy) is 1. The molecule has 2 aromatic carbocycles. The van der Waals surface area contributed by atoms with Crippen molar-refractivity contribution >= 4 is 29.9 Å². The highest BCUT2D eigenvalue weighted by Crippen LogP contribution is 2.19. The van der Waals surface area contributed by atoms with E-state index in [-0.39, 0.29) is 24.0 Å². The van der Waals surface area contributed by atoms with Crippen LogP contribution in [0.5, 0.6) is 5.75 Å². The highest BCUT2D eigenvalue weighted by molar-refractivity contribution is 14.0. The summed E-state index contributed by atoms with van der Waals surface area (Å²) in [4.78, 5) is 8.81. The Morgan fingerprint density at radius 1 is 1.03 bits per heavy atom. The molecule has 0 bridgehead atoms. The van der Waals surface area contributed by atoms with E-state index in [9.17, 15) is 0 Å². The second-order valence-electron chi connectivity index (χ2n) is 6.70. The van der Waals surface area contributed by atoms with Crippen LogP contribution in [0.25, 0.3) is 11.5 Å². The highest BCUT2D eigenvalue weighted by Gasteiger charge is 2.07. The average Bonchev–Trinajstić information content (AvgIpc) is 3.22. The summed E-state index contributed by atoms with van der Waals surface area (Å²) in [5.74, 6) is 2.32. The van der Waals surface area contributed by atoms with Crippen LogP contribution in [0.3, 0.4) is 0 Å². The molecule has 3 aromatic rings. The van der Waals surface area contributed by atoms with Gasteiger partial charge in [0, 0.05) is 32.1 Å². The number of guanidine groups is 1. The number of oxazole rings is 1. The van der Waals surface area contributed by atoms with Gasteiger partial charge in [0.25, 0.3) is 0 Å². The molecule has 0 amide bonds. The first-order valence-electron chi connectivity index (χ1n) is 9.88. The van der Waals surface area contributed by atoms with E-state index in [4.69, 9.17) is 9.15 Å². The number of aliphatic imine (C=N–C) groups is 1. The Balaban J connectivity index is 0.00000320. The fourth-order valence-corrected chi connectivity index (χ4v) is 2.77. The molecule has 0 saturated heterocycles. The number of halogens is 1. The number of hydrogen-bond acceptors (Lipinski definition) is 4. The number of aryl methyl sites for hydroxylation is 1. The maximum absolute atomic E-state index is 5.69. The molecule has 0 saturated carbocycles. The number of rotatable bonds is 9. The first kappa shape index (κ1) is 23.7. The molecule has 0 atom stereocenters. The summed E-state index contributed by atoms with van der Waals surface area (Å²) < 4.78 is 11.3. The topological polar surface area (TPSA) is 71.7 Å². The van der Waals surface area contributed by atoms with Crippen molar-refractivity contribution in [3.63, 3.8) is 0 Å². The zero-order chi connectivity index (χ0) is 20.3. The average molecular weight is 520 g/mol. The minimum absolute atomic E-state index is 0. The standard InChI is InChI=1S/C23H28N4O2.HI/c1-18-9-11-19(12-10-18)22-27-20(17-29-22)13-15-26-23(24-2)25-14-6-16-28-21-7-4-3-5-8-21;/h3-5,7-12,17H,6,13-16H2,1-2H3,(H2,24,25,26);1H. The fourth-order valence-electron chi connectivity index (χ4n) is 2.77. The summed E-state index contributed by atoms with van der Waals surface area (Å²) in [7, 11) is 1.77. The van der Waals surface area contributed by atoms with Gasteiger partial charge < -0.3 is 19.8 Å². The number of nitrogens with zero attached hydrogens (tertiary/aromatic N) is 2. The molecule has 2 N–H and O–H groups in total. The molecular formula is C23H29IN4O2. The van der Waals surface area contributed by atoms with E-state index in [1.807, 2.05) is 42.5 Å². The number of aromatic nitrogens is 1. The molecule has 1 aromatic heterocycles. The molecule has 160 valence electrons. The molecule has 1 heterocycles. The van der Waals surface area contributed by atoms with Gasteiger partial charge in [0.15, 0.2) is 5.96 Å². The summed E-state index contributed by atoms with van der Waals surface area (Å²) in [5, 5.41) is 6.59. The van der Waals surface area contributed by atoms with Crippen molar-refractivity contribution < 1.29 is 9.15 Å². The quantitative estimate of drug-likeness (QED) is 0.189. The van der Waals surface area contributed by atoms with Crippen LogP contribution in [0.2, 0.25) is 0 Å². The van der Waals surface area contributed by atoms with Crippen LogP contribution in [-0.2, 0) is 6.42 Å². The van der Waals surface area contributed by atoms with Crippen LogP contribution in [0.1, 0.15) is 17.7 Å². The lowest BCUT2D eigenvalue weighted by Crippen LogP contribution is -2.39. The van der Waals surface area contributed by atoms with Crippen molar-refractivity contribution in [3.05, 3.63) is 72.1 Å². The predicted octanol–water partition coefficient (Wildman–Crippen LogP) is 4.44. The molecule has 30 heavy (non-hydrogen) atoms. The second-order valence-corrected chi connectivity index (χ2v) is 6.70. The van der Waals surface area contributed by atoms with Gasteiger partial charge in [0.2, 0.25) is 5.89 Å². The lowest BCUT2D eigenvalue weighted by Gasteiger charge is -2.11. The Morgan fingerprint density at radius 2 is 1.77 bits per heavy atom. The first-order chi connectivity index (χ1) is 14.2. The van der Waals surface area contributed by atoms with Crippen LogP contribution in [0.4, 0.5) is 0 Å².